The number of halogens is 4. The molecule has 0 fully saturated rings. The number of anilines is 1. The molecule has 0 bridgehead atoms. The number of carbonyl (C=O) groups is 2. The Kier molecular flexibility index (Phi) is 10.5. The zero-order chi connectivity index (χ0) is 20.4. The van der Waals surface area contributed by atoms with Gasteiger partial charge in [0.1, 0.15) is 12.0 Å². The van der Waals surface area contributed by atoms with Gasteiger partial charge >= 0.3 is 5.97 Å². The number of rotatable bonds is 8. The van der Waals surface area contributed by atoms with E-state index in [-0.39, 0.29) is 11.0 Å². The van der Waals surface area contributed by atoms with Gasteiger partial charge in [-0.25, -0.2) is 4.79 Å². The van der Waals surface area contributed by atoms with Crippen molar-refractivity contribution in [3.63, 3.8) is 0 Å². The maximum Gasteiger partial charge on any atom is 0.338 e. The van der Waals surface area contributed by atoms with Crippen LogP contribution in [0.4, 0.5) is 5.69 Å². The molecule has 0 aliphatic carbocycles. The maximum atomic E-state index is 11.9. The number of esters is 1. The summed E-state index contributed by atoms with van der Waals surface area (Å²) in [6, 6.07) is 6.49. The lowest BCUT2D eigenvalue weighted by atomic mass is 10.2. The van der Waals surface area contributed by atoms with Gasteiger partial charge in [0, 0.05) is 5.69 Å². The Bertz CT molecular complexity index is 653. The van der Waals surface area contributed by atoms with Gasteiger partial charge in [0.05, 0.1) is 12.2 Å². The Labute approximate surface area is 183 Å². The van der Waals surface area contributed by atoms with Crippen molar-refractivity contribution in [2.24, 2.45) is 0 Å². The van der Waals surface area contributed by atoms with Crippen molar-refractivity contribution in [1.82, 2.24) is 10.6 Å². The molecule has 1 amide bonds. The Balaban J connectivity index is 2.65. The molecule has 0 heterocycles. The summed E-state index contributed by atoms with van der Waals surface area (Å²) < 4.78 is 3.27. The molecule has 1 unspecified atom stereocenters. The standard InChI is InChI=1S/C16H19Cl4N3O3S/c1-2-3-8-26-13(25)10-4-6-11(7-5-10)21-15(27)23-14(16(18,19)20)22-12(24)9-17/h4-7,14H,2-3,8-9H2,1H3,(H,22,24)(H2,21,23,27). The van der Waals surface area contributed by atoms with E-state index in [1.165, 1.54) is 0 Å². The van der Waals surface area contributed by atoms with E-state index >= 15 is 0 Å². The average molecular weight is 475 g/mol. The second kappa shape index (κ2) is 11.8. The fourth-order valence-corrected chi connectivity index (χ4v) is 2.42. The number of hydrogen-bond acceptors (Lipinski definition) is 4. The first-order valence-corrected chi connectivity index (χ1v) is 10.0. The molecule has 0 saturated heterocycles. The van der Waals surface area contributed by atoms with Gasteiger partial charge in [0.25, 0.3) is 0 Å². The monoisotopic (exact) mass is 473 g/mol. The van der Waals surface area contributed by atoms with E-state index in [9.17, 15) is 9.59 Å². The van der Waals surface area contributed by atoms with Gasteiger partial charge in [0.2, 0.25) is 9.70 Å². The predicted octanol–water partition coefficient (Wildman–Crippen LogP) is 3.98. The van der Waals surface area contributed by atoms with Crippen molar-refractivity contribution in [3.05, 3.63) is 29.8 Å². The summed E-state index contributed by atoms with van der Waals surface area (Å²) in [5.41, 5.74) is 1.01. The van der Waals surface area contributed by atoms with Crippen LogP contribution in [0.3, 0.4) is 0 Å². The van der Waals surface area contributed by atoms with Crippen molar-refractivity contribution >= 4 is 81.3 Å². The molecule has 0 spiro atoms. The van der Waals surface area contributed by atoms with E-state index in [2.05, 4.69) is 16.0 Å². The Morgan fingerprint density at radius 1 is 1.19 bits per heavy atom. The molecule has 0 radical (unpaired) electrons. The molecule has 150 valence electrons. The van der Waals surface area contributed by atoms with Gasteiger partial charge in [-0.05, 0) is 42.9 Å². The van der Waals surface area contributed by atoms with E-state index in [1.807, 2.05) is 6.92 Å². The van der Waals surface area contributed by atoms with Crippen molar-refractivity contribution in [1.29, 1.82) is 0 Å². The van der Waals surface area contributed by atoms with Crippen LogP contribution in [-0.4, -0.2) is 39.4 Å². The minimum absolute atomic E-state index is 0.0967. The van der Waals surface area contributed by atoms with Crippen LogP contribution in [0.15, 0.2) is 24.3 Å². The van der Waals surface area contributed by atoms with Crippen LogP contribution in [0.1, 0.15) is 30.1 Å². The zero-order valence-electron chi connectivity index (χ0n) is 14.4. The van der Waals surface area contributed by atoms with E-state index in [1.54, 1.807) is 24.3 Å². The van der Waals surface area contributed by atoms with Gasteiger partial charge < -0.3 is 20.7 Å². The molecule has 1 aromatic carbocycles. The van der Waals surface area contributed by atoms with Gasteiger partial charge in [-0.15, -0.1) is 11.6 Å². The quantitative estimate of drug-likeness (QED) is 0.174. The second-order valence-corrected chi connectivity index (χ2v) is 8.39. The smallest absolute Gasteiger partial charge is 0.338 e. The minimum atomic E-state index is -1.86. The summed E-state index contributed by atoms with van der Waals surface area (Å²) in [6.45, 7) is 2.40. The van der Waals surface area contributed by atoms with Crippen LogP contribution < -0.4 is 16.0 Å². The van der Waals surface area contributed by atoms with Crippen LogP contribution in [0.2, 0.25) is 0 Å². The Morgan fingerprint density at radius 3 is 2.33 bits per heavy atom. The van der Waals surface area contributed by atoms with Crippen molar-refractivity contribution in [3.8, 4) is 0 Å². The molecule has 27 heavy (non-hydrogen) atoms. The third-order valence-corrected chi connectivity index (χ3v) is 4.26. The topological polar surface area (TPSA) is 79.5 Å². The van der Waals surface area contributed by atoms with E-state index in [0.717, 1.165) is 12.8 Å². The Hall–Kier alpha value is -0.990. The summed E-state index contributed by atoms with van der Waals surface area (Å²) in [5.74, 6) is -1.22. The molecule has 1 aromatic rings. The highest BCUT2D eigenvalue weighted by Crippen LogP contribution is 2.29. The molecule has 0 saturated carbocycles. The molecule has 0 aliphatic rings. The van der Waals surface area contributed by atoms with E-state index in [0.29, 0.717) is 17.9 Å². The van der Waals surface area contributed by atoms with Crippen LogP contribution >= 0.6 is 58.6 Å². The summed E-state index contributed by atoms with van der Waals surface area (Å²) in [5, 5.41) is 8.05. The third kappa shape index (κ3) is 9.17. The lowest BCUT2D eigenvalue weighted by Gasteiger charge is -2.27. The van der Waals surface area contributed by atoms with Crippen LogP contribution in [-0.2, 0) is 9.53 Å². The number of thiocarbonyl (C=S) groups is 1. The number of benzene rings is 1. The van der Waals surface area contributed by atoms with Crippen LogP contribution in [0, 0.1) is 0 Å². The van der Waals surface area contributed by atoms with Gasteiger partial charge in [-0.1, -0.05) is 48.1 Å². The first kappa shape index (κ1) is 24.0. The number of unbranched alkanes of at least 4 members (excludes halogenated alkanes) is 1. The highest BCUT2D eigenvalue weighted by molar-refractivity contribution is 7.80. The highest BCUT2D eigenvalue weighted by atomic mass is 35.6. The zero-order valence-corrected chi connectivity index (χ0v) is 18.2. The SMILES string of the molecule is CCCCOC(=O)c1ccc(NC(=S)NC(NC(=O)CCl)C(Cl)(Cl)Cl)cc1. The lowest BCUT2D eigenvalue weighted by Crippen LogP contribution is -2.56. The number of alkyl halides is 4. The number of amides is 1. The summed E-state index contributed by atoms with van der Waals surface area (Å²) >= 11 is 28.1. The summed E-state index contributed by atoms with van der Waals surface area (Å²) in [6.07, 6.45) is 0.665. The van der Waals surface area contributed by atoms with E-state index < -0.39 is 21.8 Å². The molecule has 0 aliphatic heterocycles. The molecule has 6 nitrogen and oxygen atoms in total. The molecule has 0 aromatic heterocycles. The fourth-order valence-electron chi connectivity index (χ4n) is 1.78. The molecular formula is C16H19Cl4N3O3S. The first-order valence-electron chi connectivity index (χ1n) is 7.94. The average Bonchev–Trinajstić information content (AvgIpc) is 2.60. The maximum absolute atomic E-state index is 11.9. The Morgan fingerprint density at radius 2 is 1.81 bits per heavy atom. The lowest BCUT2D eigenvalue weighted by molar-refractivity contribution is -0.119. The van der Waals surface area contributed by atoms with Gasteiger partial charge in [-0.2, -0.15) is 0 Å². The number of nitrogens with one attached hydrogen (secondary N) is 3. The molecular weight excluding hydrogens is 456 g/mol. The number of hydrogen-bond donors (Lipinski definition) is 3. The largest absolute Gasteiger partial charge is 0.462 e. The first-order chi connectivity index (χ1) is 12.7. The van der Waals surface area contributed by atoms with Crippen molar-refractivity contribution in [2.75, 3.05) is 17.8 Å². The highest BCUT2D eigenvalue weighted by Gasteiger charge is 2.34. The van der Waals surface area contributed by atoms with Gasteiger partial charge in [-0.3, -0.25) is 4.79 Å². The van der Waals surface area contributed by atoms with Crippen LogP contribution in [0.25, 0.3) is 0 Å². The molecule has 1 rings (SSSR count). The minimum Gasteiger partial charge on any atom is -0.462 e. The van der Waals surface area contributed by atoms with Crippen molar-refractivity contribution in [2.45, 2.75) is 29.7 Å². The van der Waals surface area contributed by atoms with Gasteiger partial charge in [0.15, 0.2) is 5.11 Å². The summed E-state index contributed by atoms with van der Waals surface area (Å²) in [4.78, 5) is 23.3. The van der Waals surface area contributed by atoms with E-state index in [4.69, 9.17) is 63.4 Å². The second-order valence-electron chi connectivity index (χ2n) is 5.34. The normalized spacial score (nSPS) is 12.0. The number of carbonyl (C=O) groups excluding carboxylic acids is 2. The summed E-state index contributed by atoms with van der Waals surface area (Å²) in [7, 11) is 0. The predicted molar refractivity (Wildman–Crippen MR) is 114 cm³/mol. The molecule has 1 atom stereocenters. The molecule has 3 N–H and O–H groups in total. The van der Waals surface area contributed by atoms with Crippen molar-refractivity contribution < 1.29 is 14.3 Å². The fraction of sp³-hybridized carbons (Fsp3) is 0.438. The molecule has 11 heteroatoms. The number of ether oxygens (including phenoxy) is 1. The van der Waals surface area contributed by atoms with Crippen LogP contribution in [0.5, 0.6) is 0 Å². The third-order valence-electron chi connectivity index (χ3n) is 3.14.